The van der Waals surface area contributed by atoms with E-state index in [9.17, 15) is 9.59 Å². The molecule has 1 N–H and O–H groups in total. The van der Waals surface area contributed by atoms with Crippen molar-refractivity contribution in [2.75, 3.05) is 5.32 Å². The van der Waals surface area contributed by atoms with E-state index in [2.05, 4.69) is 10.3 Å². The van der Waals surface area contributed by atoms with E-state index < -0.39 is 0 Å². The standard InChI is InChI=1S/C25H23N3O3/c1-16-7-4-5-9-21(16)25(30)27-19-11-10-17(2)22(13-19)31-15-20-14-23(29)28-12-6-8-18(3)24(28)26-20/h4-14H,15H2,1-3H3,(H,27,30). The molecule has 0 spiro atoms. The van der Waals surface area contributed by atoms with E-state index in [1.54, 1.807) is 18.3 Å². The maximum absolute atomic E-state index is 12.6. The molecule has 0 aliphatic heterocycles. The van der Waals surface area contributed by atoms with Gasteiger partial charge in [0.2, 0.25) is 0 Å². The summed E-state index contributed by atoms with van der Waals surface area (Å²) in [7, 11) is 0. The lowest BCUT2D eigenvalue weighted by Gasteiger charge is -2.13. The van der Waals surface area contributed by atoms with Gasteiger partial charge in [-0.2, -0.15) is 0 Å². The Kier molecular flexibility index (Phi) is 5.54. The SMILES string of the molecule is Cc1ccc(NC(=O)c2ccccc2C)cc1OCc1cc(=O)n2cccc(C)c2n1. The molecule has 31 heavy (non-hydrogen) atoms. The van der Waals surface area contributed by atoms with Crippen molar-refractivity contribution in [1.82, 2.24) is 9.38 Å². The third-order valence-electron chi connectivity index (χ3n) is 5.15. The highest BCUT2D eigenvalue weighted by atomic mass is 16.5. The molecule has 6 heteroatoms. The molecule has 156 valence electrons. The summed E-state index contributed by atoms with van der Waals surface area (Å²) >= 11 is 0. The predicted molar refractivity (Wildman–Crippen MR) is 121 cm³/mol. The van der Waals surface area contributed by atoms with Crippen LogP contribution >= 0.6 is 0 Å². The lowest BCUT2D eigenvalue weighted by molar-refractivity contribution is 0.102. The highest BCUT2D eigenvalue weighted by Gasteiger charge is 2.11. The number of rotatable bonds is 5. The summed E-state index contributed by atoms with van der Waals surface area (Å²) in [4.78, 5) is 29.6. The van der Waals surface area contributed by atoms with Crippen LogP contribution in [0.4, 0.5) is 5.69 Å². The third-order valence-corrected chi connectivity index (χ3v) is 5.15. The number of nitrogens with one attached hydrogen (secondary N) is 1. The predicted octanol–water partition coefficient (Wildman–Crippen LogP) is 4.45. The van der Waals surface area contributed by atoms with E-state index >= 15 is 0 Å². The summed E-state index contributed by atoms with van der Waals surface area (Å²) in [5.74, 6) is 0.446. The number of amides is 1. The molecule has 0 aliphatic carbocycles. The Balaban J connectivity index is 1.54. The Morgan fingerprint density at radius 2 is 1.74 bits per heavy atom. The quantitative estimate of drug-likeness (QED) is 0.525. The zero-order valence-electron chi connectivity index (χ0n) is 17.7. The van der Waals surface area contributed by atoms with Gasteiger partial charge in [0.1, 0.15) is 18.0 Å². The molecule has 1 amide bonds. The summed E-state index contributed by atoms with van der Waals surface area (Å²) in [6, 6.07) is 18.2. The molecule has 0 fully saturated rings. The van der Waals surface area contributed by atoms with Gasteiger partial charge in [-0.1, -0.05) is 30.3 Å². The van der Waals surface area contributed by atoms with Gasteiger partial charge in [0.05, 0.1) is 5.69 Å². The van der Waals surface area contributed by atoms with Gasteiger partial charge in [0.25, 0.3) is 11.5 Å². The maximum Gasteiger partial charge on any atom is 0.258 e. The van der Waals surface area contributed by atoms with E-state index in [0.717, 1.165) is 16.7 Å². The van der Waals surface area contributed by atoms with Crippen molar-refractivity contribution in [1.29, 1.82) is 0 Å². The number of ether oxygens (including phenoxy) is 1. The Bertz CT molecular complexity index is 1340. The van der Waals surface area contributed by atoms with Crippen LogP contribution in [0.1, 0.15) is 32.7 Å². The second kappa shape index (κ2) is 8.44. The second-order valence-electron chi connectivity index (χ2n) is 7.51. The van der Waals surface area contributed by atoms with Gasteiger partial charge in [0.15, 0.2) is 0 Å². The van der Waals surface area contributed by atoms with Crippen molar-refractivity contribution < 1.29 is 9.53 Å². The Labute approximate surface area is 180 Å². The number of fused-ring (bicyclic) bond motifs is 1. The summed E-state index contributed by atoms with van der Waals surface area (Å²) in [6.07, 6.45) is 1.70. The lowest BCUT2D eigenvalue weighted by Crippen LogP contribution is -2.17. The van der Waals surface area contributed by atoms with E-state index in [4.69, 9.17) is 4.74 Å². The van der Waals surface area contributed by atoms with E-state index in [1.807, 2.05) is 63.2 Å². The summed E-state index contributed by atoms with van der Waals surface area (Å²) < 4.78 is 7.48. The largest absolute Gasteiger partial charge is 0.487 e. The first-order valence-electron chi connectivity index (χ1n) is 10.0. The van der Waals surface area contributed by atoms with Crippen LogP contribution in [-0.2, 0) is 6.61 Å². The van der Waals surface area contributed by atoms with Crippen LogP contribution in [-0.4, -0.2) is 15.3 Å². The van der Waals surface area contributed by atoms with Crippen LogP contribution in [0, 0.1) is 20.8 Å². The molecule has 4 rings (SSSR count). The molecular weight excluding hydrogens is 390 g/mol. The number of hydrogen-bond acceptors (Lipinski definition) is 4. The maximum atomic E-state index is 12.6. The normalized spacial score (nSPS) is 10.8. The molecule has 4 aromatic rings. The Morgan fingerprint density at radius 1 is 0.968 bits per heavy atom. The van der Waals surface area contributed by atoms with Gasteiger partial charge in [0, 0.05) is 29.6 Å². The number of nitrogens with zero attached hydrogens (tertiary/aromatic N) is 2. The first-order chi connectivity index (χ1) is 14.9. The molecule has 0 saturated carbocycles. The number of benzene rings is 2. The minimum absolute atomic E-state index is 0.149. The third kappa shape index (κ3) is 4.33. The number of hydrogen-bond donors (Lipinski definition) is 1. The molecule has 2 aromatic heterocycles. The minimum atomic E-state index is -0.174. The summed E-state index contributed by atoms with van der Waals surface area (Å²) in [5, 5.41) is 2.92. The zero-order chi connectivity index (χ0) is 22.0. The lowest BCUT2D eigenvalue weighted by atomic mass is 10.1. The van der Waals surface area contributed by atoms with E-state index in [0.29, 0.717) is 28.3 Å². The minimum Gasteiger partial charge on any atom is -0.487 e. The molecule has 2 aromatic carbocycles. The van der Waals surface area contributed by atoms with Crippen molar-refractivity contribution >= 4 is 17.2 Å². The number of aromatic nitrogens is 2. The average molecular weight is 413 g/mol. The first kappa shape index (κ1) is 20.3. The first-order valence-corrected chi connectivity index (χ1v) is 10.0. The summed E-state index contributed by atoms with van der Waals surface area (Å²) in [5.41, 5.74) is 5.02. The number of carbonyl (C=O) groups is 1. The highest BCUT2D eigenvalue weighted by molar-refractivity contribution is 6.05. The van der Waals surface area contributed by atoms with Crippen molar-refractivity contribution in [2.24, 2.45) is 0 Å². The highest BCUT2D eigenvalue weighted by Crippen LogP contribution is 2.24. The van der Waals surface area contributed by atoms with Crippen LogP contribution < -0.4 is 15.6 Å². The van der Waals surface area contributed by atoms with Gasteiger partial charge in [-0.25, -0.2) is 4.98 Å². The van der Waals surface area contributed by atoms with Gasteiger partial charge in [-0.05, 0) is 55.7 Å². The Hall–Kier alpha value is -3.93. The molecule has 0 radical (unpaired) electrons. The number of aryl methyl sites for hydroxylation is 3. The second-order valence-corrected chi connectivity index (χ2v) is 7.51. The molecule has 0 atom stereocenters. The van der Waals surface area contributed by atoms with Crippen LogP contribution in [0.25, 0.3) is 5.65 Å². The summed E-state index contributed by atoms with van der Waals surface area (Å²) in [6.45, 7) is 5.89. The average Bonchev–Trinajstić information content (AvgIpc) is 2.75. The van der Waals surface area contributed by atoms with E-state index in [-0.39, 0.29) is 18.1 Å². The van der Waals surface area contributed by atoms with E-state index in [1.165, 1.54) is 10.5 Å². The van der Waals surface area contributed by atoms with Gasteiger partial charge < -0.3 is 10.1 Å². The fraction of sp³-hybridized carbons (Fsp3) is 0.160. The van der Waals surface area contributed by atoms with Gasteiger partial charge in [-0.3, -0.25) is 14.0 Å². The van der Waals surface area contributed by atoms with Crippen LogP contribution in [0.5, 0.6) is 5.75 Å². The van der Waals surface area contributed by atoms with Crippen molar-refractivity contribution in [3.05, 3.63) is 105 Å². The zero-order valence-corrected chi connectivity index (χ0v) is 17.7. The smallest absolute Gasteiger partial charge is 0.258 e. The van der Waals surface area contributed by atoms with Crippen LogP contribution in [0.2, 0.25) is 0 Å². The molecular formula is C25H23N3O3. The molecule has 2 heterocycles. The number of anilines is 1. The van der Waals surface area contributed by atoms with Gasteiger partial charge >= 0.3 is 0 Å². The fourth-order valence-corrected chi connectivity index (χ4v) is 3.39. The molecule has 0 bridgehead atoms. The van der Waals surface area contributed by atoms with Crippen molar-refractivity contribution in [3.8, 4) is 5.75 Å². The van der Waals surface area contributed by atoms with Crippen LogP contribution in [0.15, 0.2) is 71.7 Å². The fourth-order valence-electron chi connectivity index (χ4n) is 3.39. The monoisotopic (exact) mass is 413 g/mol. The number of carbonyl (C=O) groups excluding carboxylic acids is 1. The molecule has 0 unspecified atom stereocenters. The van der Waals surface area contributed by atoms with Crippen LogP contribution in [0.3, 0.4) is 0 Å². The van der Waals surface area contributed by atoms with Crippen molar-refractivity contribution in [3.63, 3.8) is 0 Å². The Morgan fingerprint density at radius 3 is 2.55 bits per heavy atom. The van der Waals surface area contributed by atoms with Gasteiger partial charge in [-0.15, -0.1) is 0 Å². The molecule has 0 saturated heterocycles. The topological polar surface area (TPSA) is 72.7 Å². The van der Waals surface area contributed by atoms with Crippen molar-refractivity contribution in [2.45, 2.75) is 27.4 Å². The molecule has 0 aliphatic rings. The molecule has 6 nitrogen and oxygen atoms in total. The number of pyridine rings is 1.